The Bertz CT molecular complexity index is 1460. The van der Waals surface area contributed by atoms with Crippen LogP contribution >= 0.6 is 0 Å². The first-order chi connectivity index (χ1) is 16.8. The Kier molecular flexibility index (Phi) is 4.70. The van der Waals surface area contributed by atoms with E-state index in [0.29, 0.717) is 29.9 Å². The molecular weight excluding hydrogens is 454 g/mol. The lowest BCUT2D eigenvalue weighted by Crippen LogP contribution is -2.43. The zero-order valence-corrected chi connectivity index (χ0v) is 19.1. The molecule has 4 aromatic rings. The maximum absolute atomic E-state index is 13.7. The van der Waals surface area contributed by atoms with Crippen molar-refractivity contribution < 1.29 is 23.0 Å². The van der Waals surface area contributed by atoms with E-state index < -0.39 is 12.3 Å². The van der Waals surface area contributed by atoms with Gasteiger partial charge in [0, 0.05) is 29.5 Å². The topological polar surface area (TPSA) is 79.5 Å². The largest absolute Gasteiger partial charge is 0.586 e. The van der Waals surface area contributed by atoms with Crippen LogP contribution in [0.15, 0.2) is 54.7 Å². The van der Waals surface area contributed by atoms with E-state index in [-0.39, 0.29) is 17.5 Å². The second-order valence-corrected chi connectivity index (χ2v) is 8.94. The third-order valence-corrected chi connectivity index (χ3v) is 6.37. The fourth-order valence-electron chi connectivity index (χ4n) is 5.06. The highest BCUT2D eigenvalue weighted by Gasteiger charge is 2.44. The van der Waals surface area contributed by atoms with Crippen LogP contribution in [0.2, 0.25) is 0 Å². The van der Waals surface area contributed by atoms with Crippen molar-refractivity contribution >= 4 is 22.8 Å². The van der Waals surface area contributed by atoms with Gasteiger partial charge in [-0.3, -0.25) is 0 Å². The first-order valence-electron chi connectivity index (χ1n) is 11.3. The molecule has 2 aliphatic heterocycles. The van der Waals surface area contributed by atoms with E-state index in [0.717, 1.165) is 27.8 Å². The molecule has 0 aliphatic carbocycles. The molecule has 4 heterocycles. The lowest BCUT2D eigenvalue weighted by molar-refractivity contribution is -0.286. The third-order valence-electron chi connectivity index (χ3n) is 6.37. The number of benzene rings is 2. The number of fused-ring (bicyclic) bond motifs is 4. The van der Waals surface area contributed by atoms with Crippen LogP contribution in [0.25, 0.3) is 11.0 Å². The Hall–Kier alpha value is -4.14. The van der Waals surface area contributed by atoms with Gasteiger partial charge in [-0.2, -0.15) is 0 Å². The predicted octanol–water partition coefficient (Wildman–Crippen LogP) is 5.68. The molecule has 0 spiro atoms. The number of H-pyrrole nitrogens is 1. The number of alkyl halides is 2. The number of hydrogen-bond acceptors (Lipinski definition) is 4. The Labute approximate surface area is 199 Å². The summed E-state index contributed by atoms with van der Waals surface area (Å²) in [6.07, 6.45) is -1.39. The van der Waals surface area contributed by atoms with Crippen molar-refractivity contribution in [1.82, 2.24) is 14.9 Å². The summed E-state index contributed by atoms with van der Waals surface area (Å²) in [7, 11) is 0. The number of halogens is 2. The van der Waals surface area contributed by atoms with Gasteiger partial charge < -0.3 is 24.7 Å². The van der Waals surface area contributed by atoms with Crippen LogP contribution in [-0.2, 0) is 6.42 Å². The minimum atomic E-state index is -3.72. The van der Waals surface area contributed by atoms with E-state index >= 15 is 0 Å². The molecular formula is C26H22F2N4O3. The summed E-state index contributed by atoms with van der Waals surface area (Å²) in [4.78, 5) is 23.0. The summed E-state index contributed by atoms with van der Waals surface area (Å²) in [6.45, 7) is 4.37. The van der Waals surface area contributed by atoms with Gasteiger partial charge >= 0.3 is 12.3 Å². The summed E-state index contributed by atoms with van der Waals surface area (Å²) < 4.78 is 36.6. The average Bonchev–Trinajstić information content (AvgIpc) is 3.32. The van der Waals surface area contributed by atoms with Crippen molar-refractivity contribution in [2.45, 2.75) is 32.6 Å². The van der Waals surface area contributed by atoms with Crippen LogP contribution in [0.3, 0.4) is 0 Å². The fourth-order valence-corrected chi connectivity index (χ4v) is 5.06. The summed E-state index contributed by atoms with van der Waals surface area (Å²) in [5, 5.41) is 3.99. The predicted molar refractivity (Wildman–Crippen MR) is 126 cm³/mol. The van der Waals surface area contributed by atoms with Gasteiger partial charge in [0.2, 0.25) is 0 Å². The van der Waals surface area contributed by atoms with E-state index in [4.69, 9.17) is 4.74 Å². The summed E-state index contributed by atoms with van der Waals surface area (Å²) in [6, 6.07) is 13.5. The van der Waals surface area contributed by atoms with Crippen molar-refractivity contribution in [3.63, 3.8) is 0 Å². The number of aromatic nitrogens is 2. The molecule has 2 aliphatic rings. The highest BCUT2D eigenvalue weighted by atomic mass is 19.3. The summed E-state index contributed by atoms with van der Waals surface area (Å²) in [5.74, 6) is -0.108. The Balaban J connectivity index is 1.43. The fraction of sp³-hybridized carbons (Fsp3) is 0.231. The van der Waals surface area contributed by atoms with Crippen LogP contribution in [0, 0.1) is 13.8 Å². The van der Waals surface area contributed by atoms with Crippen molar-refractivity contribution in [2.24, 2.45) is 0 Å². The van der Waals surface area contributed by atoms with Crippen LogP contribution < -0.4 is 14.8 Å². The van der Waals surface area contributed by atoms with Crippen molar-refractivity contribution in [2.75, 3.05) is 11.9 Å². The first-order valence-corrected chi connectivity index (χ1v) is 11.3. The number of hydrogen-bond donors (Lipinski definition) is 2. The number of nitrogens with one attached hydrogen (secondary N) is 2. The number of carbonyl (C=O) groups is 1. The molecule has 0 saturated carbocycles. The van der Waals surface area contributed by atoms with Crippen LogP contribution in [0.1, 0.15) is 34.0 Å². The monoisotopic (exact) mass is 476 g/mol. The van der Waals surface area contributed by atoms with Gasteiger partial charge in [-0.05, 0) is 78.9 Å². The average molecular weight is 476 g/mol. The smallest absolute Gasteiger partial charge is 0.395 e. The van der Waals surface area contributed by atoms with Gasteiger partial charge in [-0.25, -0.2) is 9.78 Å². The number of anilines is 1. The molecule has 0 fully saturated rings. The molecule has 2 aromatic carbocycles. The SMILES string of the molecule is Cc1cc(C)cc(NC(=O)N2CCc3c([nH]c4ncccc34)C2c2ccc3c(c2)OC(F)(F)O3)c1. The van der Waals surface area contributed by atoms with Crippen LogP contribution in [-0.4, -0.2) is 33.7 Å². The van der Waals surface area contributed by atoms with Crippen molar-refractivity contribution in [1.29, 1.82) is 0 Å². The highest BCUT2D eigenvalue weighted by Crippen LogP contribution is 2.45. The molecule has 9 heteroatoms. The molecule has 1 unspecified atom stereocenters. The molecule has 2 N–H and O–H groups in total. The quantitative estimate of drug-likeness (QED) is 0.390. The van der Waals surface area contributed by atoms with Gasteiger partial charge in [-0.1, -0.05) is 12.1 Å². The number of pyridine rings is 1. The number of ether oxygens (including phenoxy) is 2. The Morgan fingerprint density at radius 3 is 2.69 bits per heavy atom. The molecule has 1 atom stereocenters. The Morgan fingerprint density at radius 2 is 1.89 bits per heavy atom. The summed E-state index contributed by atoms with van der Waals surface area (Å²) in [5.41, 5.74) is 5.95. The van der Waals surface area contributed by atoms with Gasteiger partial charge in [0.15, 0.2) is 11.5 Å². The lowest BCUT2D eigenvalue weighted by atomic mass is 9.92. The van der Waals surface area contributed by atoms with Gasteiger partial charge in [-0.15, -0.1) is 8.78 Å². The van der Waals surface area contributed by atoms with Crippen LogP contribution in [0.5, 0.6) is 11.5 Å². The molecule has 6 rings (SSSR count). The number of aromatic amines is 1. The normalized spacial score (nSPS) is 17.9. The number of aryl methyl sites for hydroxylation is 2. The van der Waals surface area contributed by atoms with Gasteiger partial charge in [0.25, 0.3) is 0 Å². The minimum Gasteiger partial charge on any atom is -0.395 e. The summed E-state index contributed by atoms with van der Waals surface area (Å²) >= 11 is 0. The molecule has 0 radical (unpaired) electrons. The molecule has 0 bridgehead atoms. The number of nitrogens with zero attached hydrogens (tertiary/aromatic N) is 2. The van der Waals surface area contributed by atoms with Gasteiger partial charge in [0.05, 0.1) is 6.04 Å². The number of carbonyl (C=O) groups excluding carboxylic acids is 1. The van der Waals surface area contributed by atoms with Crippen molar-refractivity contribution in [3.8, 4) is 11.5 Å². The van der Waals surface area contributed by atoms with E-state index in [1.165, 1.54) is 12.1 Å². The van der Waals surface area contributed by atoms with E-state index in [1.54, 1.807) is 17.2 Å². The van der Waals surface area contributed by atoms with E-state index in [2.05, 4.69) is 20.0 Å². The maximum atomic E-state index is 13.7. The molecule has 2 aromatic heterocycles. The minimum absolute atomic E-state index is 0.0423. The standard InChI is InChI=1S/C26H22F2N4O3/c1-14-10-15(2)12-17(11-14)30-25(33)32-9-7-18-19-4-3-8-29-24(19)31-22(18)23(32)16-5-6-20-21(13-16)35-26(27,28)34-20/h3-6,8,10-13,23H,7,9H2,1-2H3,(H,29,31)(H,30,33). The maximum Gasteiger partial charge on any atom is 0.586 e. The third kappa shape index (κ3) is 3.73. The van der Waals surface area contributed by atoms with E-state index in [1.807, 2.05) is 44.2 Å². The lowest BCUT2D eigenvalue weighted by Gasteiger charge is -2.36. The zero-order valence-electron chi connectivity index (χ0n) is 19.1. The second kappa shape index (κ2) is 7.69. The highest BCUT2D eigenvalue weighted by molar-refractivity contribution is 5.91. The molecule has 7 nitrogen and oxygen atoms in total. The number of urea groups is 1. The number of rotatable bonds is 2. The Morgan fingerprint density at radius 1 is 1.11 bits per heavy atom. The van der Waals surface area contributed by atoms with E-state index in [9.17, 15) is 13.6 Å². The molecule has 178 valence electrons. The first kappa shape index (κ1) is 21.4. The molecule has 0 saturated heterocycles. The number of amides is 2. The second-order valence-electron chi connectivity index (χ2n) is 8.94. The zero-order chi connectivity index (χ0) is 24.3. The van der Waals surface area contributed by atoms with Crippen LogP contribution in [0.4, 0.5) is 19.3 Å². The van der Waals surface area contributed by atoms with Gasteiger partial charge in [0.1, 0.15) is 5.65 Å². The van der Waals surface area contributed by atoms with Crippen molar-refractivity contribution in [3.05, 3.63) is 82.7 Å². The molecule has 2 amide bonds. The molecule has 35 heavy (non-hydrogen) atoms.